The van der Waals surface area contributed by atoms with Crippen molar-refractivity contribution < 1.29 is 0 Å². The molecule has 3 aromatic rings. The lowest BCUT2D eigenvalue weighted by Gasteiger charge is -2.14. The van der Waals surface area contributed by atoms with Gasteiger partial charge in [0.2, 0.25) is 0 Å². The lowest BCUT2D eigenvalue weighted by molar-refractivity contribution is 0.687. The third kappa shape index (κ3) is 2.54. The van der Waals surface area contributed by atoms with E-state index in [0.717, 1.165) is 23.1 Å². The van der Waals surface area contributed by atoms with Gasteiger partial charge in [0.25, 0.3) is 5.56 Å². The first-order valence-electron chi connectivity index (χ1n) is 7.59. The molecule has 3 nitrogen and oxygen atoms in total. The number of hydrogen-bond donors (Lipinski definition) is 0. The molecule has 0 aliphatic rings. The van der Waals surface area contributed by atoms with Crippen LogP contribution >= 0.6 is 0 Å². The minimum Gasteiger partial charge on any atom is -0.292 e. The Morgan fingerprint density at radius 1 is 0.955 bits per heavy atom. The highest BCUT2D eigenvalue weighted by molar-refractivity contribution is 5.80. The van der Waals surface area contributed by atoms with Gasteiger partial charge in [-0.2, -0.15) is 0 Å². The molecular formula is C19H20N2O. The van der Waals surface area contributed by atoms with Crippen molar-refractivity contribution in [3.05, 3.63) is 75.2 Å². The smallest absolute Gasteiger partial charge is 0.252 e. The number of fused-ring (bicyclic) bond motifs is 1. The molecule has 0 spiro atoms. The van der Waals surface area contributed by atoms with Gasteiger partial charge in [-0.1, -0.05) is 30.3 Å². The lowest BCUT2D eigenvalue weighted by Crippen LogP contribution is -2.22. The van der Waals surface area contributed by atoms with Crippen molar-refractivity contribution in [2.75, 3.05) is 0 Å². The Hall–Kier alpha value is -2.42. The molecule has 0 aliphatic heterocycles. The van der Waals surface area contributed by atoms with Gasteiger partial charge in [-0.15, -0.1) is 0 Å². The van der Waals surface area contributed by atoms with E-state index in [4.69, 9.17) is 0 Å². The van der Waals surface area contributed by atoms with E-state index in [-0.39, 0.29) is 5.56 Å². The second kappa shape index (κ2) is 5.76. The van der Waals surface area contributed by atoms with Crippen LogP contribution in [-0.4, -0.2) is 9.55 Å². The predicted octanol–water partition coefficient (Wildman–Crippen LogP) is 3.56. The van der Waals surface area contributed by atoms with Gasteiger partial charge in [-0.05, 0) is 49.9 Å². The summed E-state index contributed by atoms with van der Waals surface area (Å²) in [5.41, 5.74) is 5.43. The minimum absolute atomic E-state index is 0.0126. The summed E-state index contributed by atoms with van der Waals surface area (Å²) < 4.78 is 1.79. The molecule has 0 saturated heterocycles. The molecule has 0 amide bonds. The average molecular weight is 292 g/mol. The van der Waals surface area contributed by atoms with E-state index >= 15 is 0 Å². The van der Waals surface area contributed by atoms with Crippen molar-refractivity contribution in [1.82, 2.24) is 9.55 Å². The second-order valence-electron chi connectivity index (χ2n) is 5.74. The Labute approximate surface area is 130 Å². The molecule has 2 heterocycles. The summed E-state index contributed by atoms with van der Waals surface area (Å²) in [7, 11) is 0. The number of aryl methyl sites for hydroxylation is 4. The Morgan fingerprint density at radius 2 is 1.68 bits per heavy atom. The largest absolute Gasteiger partial charge is 0.292 e. The summed E-state index contributed by atoms with van der Waals surface area (Å²) >= 11 is 0. The Balaban J connectivity index is 2.08. The fourth-order valence-corrected chi connectivity index (χ4v) is 2.80. The topological polar surface area (TPSA) is 34.9 Å². The molecule has 3 rings (SSSR count). The second-order valence-corrected chi connectivity index (χ2v) is 5.74. The summed E-state index contributed by atoms with van der Waals surface area (Å²) in [5.74, 6) is 0. The van der Waals surface area contributed by atoms with E-state index in [0.29, 0.717) is 6.54 Å². The van der Waals surface area contributed by atoms with Gasteiger partial charge in [0.1, 0.15) is 5.65 Å². The van der Waals surface area contributed by atoms with E-state index in [2.05, 4.69) is 31.0 Å². The number of nitrogens with zero attached hydrogens (tertiary/aromatic N) is 2. The van der Waals surface area contributed by atoms with Crippen LogP contribution in [0, 0.1) is 20.8 Å². The van der Waals surface area contributed by atoms with E-state index in [1.165, 1.54) is 16.7 Å². The van der Waals surface area contributed by atoms with Crippen molar-refractivity contribution in [2.45, 2.75) is 33.7 Å². The van der Waals surface area contributed by atoms with Gasteiger partial charge < -0.3 is 0 Å². The van der Waals surface area contributed by atoms with E-state index in [1.807, 2.05) is 31.2 Å². The van der Waals surface area contributed by atoms with E-state index in [9.17, 15) is 4.79 Å². The van der Waals surface area contributed by atoms with E-state index in [1.54, 1.807) is 10.6 Å². The SMILES string of the molecule is Cc1nc2c(ccc(=O)n2CCc2ccccc2)c(C)c1C. The Kier molecular flexibility index (Phi) is 3.80. The van der Waals surface area contributed by atoms with Gasteiger partial charge in [0.05, 0.1) is 0 Å². The zero-order valence-corrected chi connectivity index (χ0v) is 13.3. The molecule has 0 aliphatic carbocycles. The van der Waals surface area contributed by atoms with Crippen LogP contribution < -0.4 is 5.56 Å². The average Bonchev–Trinajstić information content (AvgIpc) is 2.53. The molecule has 0 saturated carbocycles. The van der Waals surface area contributed by atoms with Crippen LogP contribution in [0.5, 0.6) is 0 Å². The summed E-state index contributed by atoms with van der Waals surface area (Å²) in [6.45, 7) is 6.82. The lowest BCUT2D eigenvalue weighted by atomic mass is 10.1. The summed E-state index contributed by atoms with van der Waals surface area (Å²) in [4.78, 5) is 17.0. The maximum atomic E-state index is 12.3. The van der Waals surface area contributed by atoms with Crippen LogP contribution in [-0.2, 0) is 13.0 Å². The van der Waals surface area contributed by atoms with Crippen LogP contribution in [0.2, 0.25) is 0 Å². The maximum Gasteiger partial charge on any atom is 0.252 e. The van der Waals surface area contributed by atoms with Crippen LogP contribution in [0.15, 0.2) is 47.3 Å². The zero-order valence-electron chi connectivity index (χ0n) is 13.3. The van der Waals surface area contributed by atoms with Gasteiger partial charge >= 0.3 is 0 Å². The molecule has 0 fully saturated rings. The van der Waals surface area contributed by atoms with Crippen LogP contribution in [0.4, 0.5) is 0 Å². The van der Waals surface area contributed by atoms with Gasteiger partial charge in [0, 0.05) is 23.7 Å². The van der Waals surface area contributed by atoms with Crippen LogP contribution in [0.25, 0.3) is 11.0 Å². The Bertz CT molecular complexity index is 879. The first-order valence-corrected chi connectivity index (χ1v) is 7.59. The number of hydrogen-bond acceptors (Lipinski definition) is 2. The standard InChI is InChI=1S/C19H20N2O/c1-13-14(2)17-9-10-18(22)21(19(17)20-15(13)3)12-11-16-7-5-4-6-8-16/h4-10H,11-12H2,1-3H3. The predicted molar refractivity (Wildman–Crippen MR) is 90.4 cm³/mol. The van der Waals surface area contributed by atoms with Crippen molar-refractivity contribution in [3.63, 3.8) is 0 Å². The molecule has 1 aromatic carbocycles. The Morgan fingerprint density at radius 3 is 2.41 bits per heavy atom. The first kappa shape index (κ1) is 14.5. The molecule has 0 radical (unpaired) electrons. The quantitative estimate of drug-likeness (QED) is 0.739. The minimum atomic E-state index is 0.0126. The molecular weight excluding hydrogens is 272 g/mol. The molecule has 0 atom stereocenters. The highest BCUT2D eigenvalue weighted by Crippen LogP contribution is 2.20. The summed E-state index contributed by atoms with van der Waals surface area (Å²) in [6.07, 6.45) is 0.827. The summed E-state index contributed by atoms with van der Waals surface area (Å²) in [6, 6.07) is 13.8. The normalized spacial score (nSPS) is 11.0. The zero-order chi connectivity index (χ0) is 15.7. The molecule has 112 valence electrons. The van der Waals surface area contributed by atoms with E-state index < -0.39 is 0 Å². The van der Waals surface area contributed by atoms with Crippen molar-refractivity contribution in [1.29, 1.82) is 0 Å². The van der Waals surface area contributed by atoms with Crippen LogP contribution in [0.3, 0.4) is 0 Å². The highest BCUT2D eigenvalue weighted by Gasteiger charge is 2.10. The third-order valence-corrected chi connectivity index (χ3v) is 4.40. The number of aromatic nitrogens is 2. The summed E-state index contributed by atoms with van der Waals surface area (Å²) in [5, 5.41) is 1.07. The maximum absolute atomic E-state index is 12.3. The number of pyridine rings is 2. The molecule has 22 heavy (non-hydrogen) atoms. The highest BCUT2D eigenvalue weighted by atomic mass is 16.1. The number of rotatable bonds is 3. The molecule has 0 unspecified atom stereocenters. The molecule has 0 N–H and O–H groups in total. The fraction of sp³-hybridized carbons (Fsp3) is 0.263. The molecule has 2 aromatic heterocycles. The number of benzene rings is 1. The van der Waals surface area contributed by atoms with Gasteiger partial charge in [0.15, 0.2) is 0 Å². The van der Waals surface area contributed by atoms with Gasteiger partial charge in [-0.25, -0.2) is 4.98 Å². The van der Waals surface area contributed by atoms with Crippen molar-refractivity contribution in [3.8, 4) is 0 Å². The van der Waals surface area contributed by atoms with Crippen molar-refractivity contribution >= 4 is 11.0 Å². The third-order valence-electron chi connectivity index (χ3n) is 4.40. The molecule has 0 bridgehead atoms. The van der Waals surface area contributed by atoms with Gasteiger partial charge in [-0.3, -0.25) is 9.36 Å². The first-order chi connectivity index (χ1) is 10.6. The van der Waals surface area contributed by atoms with Crippen LogP contribution in [0.1, 0.15) is 22.4 Å². The van der Waals surface area contributed by atoms with Crippen molar-refractivity contribution in [2.24, 2.45) is 0 Å². The monoisotopic (exact) mass is 292 g/mol. The fourth-order valence-electron chi connectivity index (χ4n) is 2.80. The molecule has 3 heteroatoms.